The van der Waals surface area contributed by atoms with Crippen molar-refractivity contribution in [2.75, 3.05) is 19.8 Å². The fourth-order valence-electron chi connectivity index (χ4n) is 6.81. The van der Waals surface area contributed by atoms with E-state index in [2.05, 4.69) is 4.84 Å². The smallest absolute Gasteiger partial charge is 0.410 e. The summed E-state index contributed by atoms with van der Waals surface area (Å²) in [6, 6.07) is 13.0. The molecule has 0 spiro atoms. The Morgan fingerprint density at radius 1 is 0.907 bits per heavy atom. The molecular formula is C38H38Cl2F3N3O8. The van der Waals surface area contributed by atoms with Crippen LogP contribution in [-0.2, 0) is 27.3 Å². The first-order chi connectivity index (χ1) is 26.0. The third kappa shape index (κ3) is 9.33. The van der Waals surface area contributed by atoms with Gasteiger partial charge in [0.2, 0.25) is 5.82 Å². The molecule has 2 unspecified atom stereocenters. The number of ether oxygens (including phenoxy) is 3. The van der Waals surface area contributed by atoms with E-state index in [9.17, 15) is 32.9 Å². The van der Waals surface area contributed by atoms with Crippen LogP contribution < -0.4 is 9.47 Å². The normalized spacial score (nSPS) is 17.7. The summed E-state index contributed by atoms with van der Waals surface area (Å²) in [5.74, 6) is -3.63. The maximum atomic E-state index is 14.7. The second-order valence-electron chi connectivity index (χ2n) is 13.3. The number of nitrogens with zero attached hydrogens (tertiary/aromatic N) is 3. The molecule has 0 radical (unpaired) electrons. The molecule has 2 aliphatic heterocycles. The summed E-state index contributed by atoms with van der Waals surface area (Å²) in [5, 5.41) is 10.3. The molecule has 3 aromatic carbocycles. The molecule has 3 aromatic rings. The lowest BCUT2D eigenvalue weighted by Gasteiger charge is -2.38. The minimum atomic E-state index is -1.37. The van der Waals surface area contributed by atoms with Crippen molar-refractivity contribution >= 4 is 35.2 Å². The van der Waals surface area contributed by atoms with Gasteiger partial charge in [0.05, 0.1) is 41.5 Å². The minimum Gasteiger partial charge on any atom is -0.488 e. The highest BCUT2D eigenvalue weighted by Gasteiger charge is 2.50. The number of fused-ring (bicyclic) bond motifs is 2. The van der Waals surface area contributed by atoms with Gasteiger partial charge in [0, 0.05) is 25.0 Å². The Balaban J connectivity index is 1.18. The summed E-state index contributed by atoms with van der Waals surface area (Å²) in [4.78, 5) is 46.3. The van der Waals surface area contributed by atoms with Crippen molar-refractivity contribution < 1.29 is 46.9 Å². The summed E-state index contributed by atoms with van der Waals surface area (Å²) in [6.45, 7) is 0.0985. The summed E-state index contributed by atoms with van der Waals surface area (Å²) < 4.78 is 58.5. The largest absolute Gasteiger partial charge is 0.488 e. The van der Waals surface area contributed by atoms with Gasteiger partial charge in [0.25, 0.3) is 11.0 Å². The minimum absolute atomic E-state index is 0.0284. The van der Waals surface area contributed by atoms with Crippen LogP contribution in [0.15, 0.2) is 65.9 Å². The van der Waals surface area contributed by atoms with Crippen molar-refractivity contribution in [1.29, 1.82) is 0 Å². The van der Waals surface area contributed by atoms with Crippen molar-refractivity contribution in [3.05, 3.63) is 115 Å². The molecular weight excluding hydrogens is 754 g/mol. The number of hydrogen-bond donors (Lipinski definition) is 0. The lowest BCUT2D eigenvalue weighted by atomic mass is 9.97. The molecule has 0 aromatic heterocycles. The van der Waals surface area contributed by atoms with Gasteiger partial charge < -0.3 is 23.9 Å². The van der Waals surface area contributed by atoms with Crippen molar-refractivity contribution in [3.8, 4) is 11.5 Å². The number of carbonyl (C=O) groups excluding carboxylic acids is 2. The average Bonchev–Trinajstić information content (AvgIpc) is 3.94. The maximum absolute atomic E-state index is 14.7. The van der Waals surface area contributed by atoms with E-state index in [1.54, 1.807) is 34.1 Å². The van der Waals surface area contributed by atoms with E-state index in [1.165, 1.54) is 0 Å². The second kappa shape index (κ2) is 17.6. The van der Waals surface area contributed by atoms with E-state index in [1.807, 2.05) is 18.2 Å². The molecule has 1 aliphatic carbocycles. The average molecular weight is 793 g/mol. The number of aryl methyl sites for hydroxylation is 1. The molecule has 2 atom stereocenters. The Hall–Kier alpha value is -4.69. The Morgan fingerprint density at radius 3 is 2.39 bits per heavy atom. The topological polar surface area (TPSA) is 121 Å². The zero-order chi connectivity index (χ0) is 38.4. The van der Waals surface area contributed by atoms with Crippen LogP contribution in [0.1, 0.15) is 62.5 Å². The number of hydrogen-bond acceptors (Lipinski definition) is 8. The number of unbranched alkanes of at least 4 members (excludes halogenated alkanes) is 1. The standard InChI is InChI=1S/C38H38Cl2F3N3O8/c39-28-7-3-6-24(34(28)40)22-44(25-10-11-25)37(47)33-31-17-12-26(45(31)38(48)52-18-1-2-20-53-46(49)50)21-32(33)54-27-13-8-23(9-14-27)5-4-19-51-36-30(42)16-15-29(41)35(36)43/h3,6-9,13-16,25-26,31H,1-2,4-5,10-12,17-22H2. The molecule has 1 saturated carbocycles. The molecule has 6 rings (SSSR count). The van der Waals surface area contributed by atoms with E-state index < -0.39 is 40.4 Å². The predicted octanol–water partition coefficient (Wildman–Crippen LogP) is 8.61. The summed E-state index contributed by atoms with van der Waals surface area (Å²) in [7, 11) is 0. The van der Waals surface area contributed by atoms with Crippen LogP contribution in [0.3, 0.4) is 0 Å². The van der Waals surface area contributed by atoms with Crippen LogP contribution in [0.5, 0.6) is 11.5 Å². The Labute approximate surface area is 319 Å². The fourth-order valence-corrected chi connectivity index (χ4v) is 7.19. The Kier molecular flexibility index (Phi) is 12.7. The molecule has 2 heterocycles. The van der Waals surface area contributed by atoms with Gasteiger partial charge in [-0.1, -0.05) is 47.5 Å². The third-order valence-electron chi connectivity index (χ3n) is 9.60. The second-order valence-corrected chi connectivity index (χ2v) is 14.1. The molecule has 2 bridgehead atoms. The molecule has 1 saturated heterocycles. The summed E-state index contributed by atoms with van der Waals surface area (Å²) in [5.41, 5.74) is 1.94. The van der Waals surface area contributed by atoms with Gasteiger partial charge >= 0.3 is 6.09 Å². The van der Waals surface area contributed by atoms with Gasteiger partial charge in [0.15, 0.2) is 17.4 Å². The zero-order valence-corrected chi connectivity index (χ0v) is 30.6. The predicted molar refractivity (Wildman–Crippen MR) is 191 cm³/mol. The van der Waals surface area contributed by atoms with E-state index in [-0.39, 0.29) is 50.8 Å². The first-order valence-electron chi connectivity index (χ1n) is 17.7. The highest BCUT2D eigenvalue weighted by molar-refractivity contribution is 6.42. The molecule has 288 valence electrons. The van der Waals surface area contributed by atoms with Crippen molar-refractivity contribution in [3.63, 3.8) is 0 Å². The van der Waals surface area contributed by atoms with Crippen molar-refractivity contribution in [2.24, 2.45) is 0 Å². The van der Waals surface area contributed by atoms with Gasteiger partial charge in [-0.25, -0.2) is 13.6 Å². The zero-order valence-electron chi connectivity index (χ0n) is 29.1. The fraction of sp³-hybridized carbons (Fsp3) is 0.421. The molecule has 0 N–H and O–H groups in total. The molecule has 11 nitrogen and oxygen atoms in total. The van der Waals surface area contributed by atoms with Crippen molar-refractivity contribution in [2.45, 2.75) is 82.5 Å². The van der Waals surface area contributed by atoms with Crippen molar-refractivity contribution in [1.82, 2.24) is 9.80 Å². The highest BCUT2D eigenvalue weighted by atomic mass is 35.5. The van der Waals surface area contributed by atoms with E-state index in [0.29, 0.717) is 77.3 Å². The van der Waals surface area contributed by atoms with Crippen LogP contribution in [0.25, 0.3) is 0 Å². The lowest BCUT2D eigenvalue weighted by molar-refractivity contribution is -0.757. The number of rotatable bonds is 17. The van der Waals surface area contributed by atoms with Gasteiger partial charge in [-0.15, -0.1) is 10.1 Å². The molecule has 2 fully saturated rings. The Morgan fingerprint density at radius 2 is 1.65 bits per heavy atom. The van der Waals surface area contributed by atoms with Gasteiger partial charge in [0.1, 0.15) is 11.5 Å². The summed E-state index contributed by atoms with van der Waals surface area (Å²) in [6.07, 6.45) is 4.04. The third-order valence-corrected chi connectivity index (χ3v) is 10.5. The van der Waals surface area contributed by atoms with Crippen LogP contribution >= 0.6 is 23.2 Å². The van der Waals surface area contributed by atoms with Crippen LogP contribution in [-0.4, -0.2) is 64.8 Å². The summed E-state index contributed by atoms with van der Waals surface area (Å²) >= 11 is 12.8. The monoisotopic (exact) mass is 791 g/mol. The SMILES string of the molecule is O=C(C1=C(Oc2ccc(CCCOc3c(F)ccc(F)c3F)cc2)CC2CCC1N2C(=O)OCCCCO[N+](=O)[O-])N(Cc1cccc(Cl)c1Cl)C1CC1. The number of carbonyl (C=O) groups is 2. The first kappa shape index (κ1) is 39.0. The molecule has 2 amide bonds. The Bertz CT molecular complexity index is 1900. The van der Waals surface area contributed by atoms with Gasteiger partial charge in [-0.05, 0) is 92.8 Å². The van der Waals surface area contributed by atoms with Gasteiger partial charge in [-0.3, -0.25) is 9.69 Å². The van der Waals surface area contributed by atoms with E-state index in [4.69, 9.17) is 37.4 Å². The van der Waals surface area contributed by atoms with Crippen LogP contribution in [0.4, 0.5) is 18.0 Å². The molecule has 3 aliphatic rings. The van der Waals surface area contributed by atoms with Crippen LogP contribution in [0, 0.1) is 27.6 Å². The molecule has 16 heteroatoms. The maximum Gasteiger partial charge on any atom is 0.410 e. The first-order valence-corrected chi connectivity index (χ1v) is 18.5. The molecule has 54 heavy (non-hydrogen) atoms. The number of benzene rings is 3. The number of halogens is 5. The number of amides is 2. The van der Waals surface area contributed by atoms with Gasteiger partial charge in [-0.2, -0.15) is 4.39 Å². The van der Waals surface area contributed by atoms with E-state index in [0.717, 1.165) is 24.5 Å². The van der Waals surface area contributed by atoms with Crippen LogP contribution in [0.2, 0.25) is 10.0 Å². The quantitative estimate of drug-likeness (QED) is 0.0577. The van der Waals surface area contributed by atoms with E-state index >= 15 is 0 Å². The lowest BCUT2D eigenvalue weighted by Crippen LogP contribution is -2.50. The highest BCUT2D eigenvalue weighted by Crippen LogP contribution is 2.43.